The summed E-state index contributed by atoms with van der Waals surface area (Å²) in [6, 6.07) is 10.1. The van der Waals surface area contributed by atoms with E-state index in [0.717, 1.165) is 11.3 Å². The van der Waals surface area contributed by atoms with E-state index in [-0.39, 0.29) is 5.75 Å². The van der Waals surface area contributed by atoms with Gasteiger partial charge in [0.25, 0.3) is 0 Å². The summed E-state index contributed by atoms with van der Waals surface area (Å²) in [5.74, 6) is 0.222. The summed E-state index contributed by atoms with van der Waals surface area (Å²) in [6.07, 6.45) is 0. The van der Waals surface area contributed by atoms with Crippen molar-refractivity contribution in [1.29, 1.82) is 0 Å². The molecule has 1 aromatic heterocycles. The molecule has 0 saturated carbocycles. The van der Waals surface area contributed by atoms with Crippen LogP contribution in [0.1, 0.15) is 0 Å². The van der Waals surface area contributed by atoms with Gasteiger partial charge in [-0.3, -0.25) is 0 Å². The quantitative estimate of drug-likeness (QED) is 0.537. The van der Waals surface area contributed by atoms with Crippen molar-refractivity contribution in [3.8, 4) is 17.0 Å². The molecule has 2 N–H and O–H groups in total. The van der Waals surface area contributed by atoms with Gasteiger partial charge in [-0.2, -0.15) is 0 Å². The molecule has 3 aromatic rings. The van der Waals surface area contributed by atoms with Crippen LogP contribution in [0.4, 0.5) is 10.8 Å². The van der Waals surface area contributed by atoms with Gasteiger partial charge in [-0.1, -0.05) is 34.8 Å². The van der Waals surface area contributed by atoms with Crippen molar-refractivity contribution in [1.82, 2.24) is 4.98 Å². The van der Waals surface area contributed by atoms with E-state index in [2.05, 4.69) is 10.3 Å². The molecule has 0 bridgehead atoms. The number of benzene rings is 2. The molecule has 0 aliphatic carbocycles. The Kier molecular flexibility index (Phi) is 4.45. The van der Waals surface area contributed by atoms with Gasteiger partial charge in [-0.05, 0) is 36.4 Å². The molecule has 112 valence electrons. The van der Waals surface area contributed by atoms with Crippen LogP contribution in [-0.2, 0) is 0 Å². The van der Waals surface area contributed by atoms with Gasteiger partial charge in [0.1, 0.15) is 5.75 Å². The van der Waals surface area contributed by atoms with Crippen molar-refractivity contribution < 1.29 is 5.11 Å². The molecule has 0 atom stereocenters. The van der Waals surface area contributed by atoms with Crippen LogP contribution in [0.2, 0.25) is 15.1 Å². The van der Waals surface area contributed by atoms with E-state index < -0.39 is 0 Å². The summed E-state index contributed by atoms with van der Waals surface area (Å²) in [6.45, 7) is 0. The first kappa shape index (κ1) is 15.4. The Bertz CT molecular complexity index is 818. The molecule has 0 radical (unpaired) electrons. The van der Waals surface area contributed by atoms with Gasteiger partial charge in [-0.15, -0.1) is 11.3 Å². The van der Waals surface area contributed by atoms with Gasteiger partial charge in [0.15, 0.2) is 5.13 Å². The average Bonchev–Trinajstić information content (AvgIpc) is 2.94. The number of hydrogen-bond donors (Lipinski definition) is 2. The highest BCUT2D eigenvalue weighted by atomic mass is 35.5. The third-order valence-electron chi connectivity index (χ3n) is 2.92. The number of rotatable bonds is 3. The summed E-state index contributed by atoms with van der Waals surface area (Å²) in [5.41, 5.74) is 2.37. The van der Waals surface area contributed by atoms with E-state index in [1.807, 2.05) is 5.38 Å². The fourth-order valence-corrected chi connectivity index (χ4v) is 3.16. The lowest BCUT2D eigenvalue weighted by Gasteiger charge is -2.07. The smallest absolute Gasteiger partial charge is 0.187 e. The van der Waals surface area contributed by atoms with Crippen molar-refractivity contribution >= 4 is 57.0 Å². The number of nitrogens with zero attached hydrogens (tertiary/aromatic N) is 1. The Morgan fingerprint density at radius 2 is 1.64 bits per heavy atom. The van der Waals surface area contributed by atoms with Crippen LogP contribution in [0.5, 0.6) is 5.75 Å². The highest BCUT2D eigenvalue weighted by Gasteiger charge is 2.09. The lowest BCUT2D eigenvalue weighted by Crippen LogP contribution is -1.91. The largest absolute Gasteiger partial charge is 0.508 e. The number of aromatic hydroxyl groups is 1. The van der Waals surface area contributed by atoms with Crippen LogP contribution in [0.25, 0.3) is 11.3 Å². The first-order valence-corrected chi connectivity index (χ1v) is 8.21. The number of phenols is 1. The molecule has 0 saturated heterocycles. The normalized spacial score (nSPS) is 10.7. The second-order valence-electron chi connectivity index (χ2n) is 4.46. The van der Waals surface area contributed by atoms with Gasteiger partial charge in [0.2, 0.25) is 0 Å². The van der Waals surface area contributed by atoms with Gasteiger partial charge in [-0.25, -0.2) is 4.98 Å². The molecule has 7 heteroatoms. The molecular formula is C15H9Cl3N2OS. The highest BCUT2D eigenvalue weighted by molar-refractivity contribution is 7.14. The van der Waals surface area contributed by atoms with Crippen molar-refractivity contribution in [3.63, 3.8) is 0 Å². The Labute approximate surface area is 146 Å². The second kappa shape index (κ2) is 6.34. The third-order valence-corrected chi connectivity index (χ3v) is 4.71. The van der Waals surface area contributed by atoms with E-state index in [1.54, 1.807) is 36.4 Å². The van der Waals surface area contributed by atoms with Gasteiger partial charge in [0.05, 0.1) is 26.4 Å². The van der Waals surface area contributed by atoms with Crippen LogP contribution in [0, 0.1) is 0 Å². The minimum absolute atomic E-state index is 0.222. The van der Waals surface area contributed by atoms with E-state index >= 15 is 0 Å². The monoisotopic (exact) mass is 370 g/mol. The number of phenolic OH excluding ortho intramolecular Hbond substituents is 1. The highest BCUT2D eigenvalue weighted by Crippen LogP contribution is 2.35. The van der Waals surface area contributed by atoms with Crippen LogP contribution in [0.15, 0.2) is 41.8 Å². The van der Waals surface area contributed by atoms with Crippen LogP contribution in [-0.4, -0.2) is 10.1 Å². The summed E-state index contributed by atoms with van der Waals surface area (Å²) in [4.78, 5) is 4.49. The maximum Gasteiger partial charge on any atom is 0.187 e. The van der Waals surface area contributed by atoms with Crippen LogP contribution in [0.3, 0.4) is 0 Å². The molecule has 0 aliphatic heterocycles. The Hall–Kier alpha value is -1.46. The van der Waals surface area contributed by atoms with Gasteiger partial charge < -0.3 is 10.4 Å². The fraction of sp³-hybridized carbons (Fsp3) is 0. The Morgan fingerprint density at radius 3 is 2.36 bits per heavy atom. The molecule has 0 aliphatic rings. The number of thiazole rings is 1. The molecule has 22 heavy (non-hydrogen) atoms. The summed E-state index contributed by atoms with van der Waals surface area (Å²) < 4.78 is 0. The van der Waals surface area contributed by atoms with E-state index in [1.165, 1.54) is 11.3 Å². The number of hydrogen-bond acceptors (Lipinski definition) is 4. The Balaban J connectivity index is 1.86. The number of aromatic nitrogens is 1. The minimum atomic E-state index is 0.222. The molecule has 2 aromatic carbocycles. The first-order valence-electron chi connectivity index (χ1n) is 6.19. The molecule has 3 rings (SSSR count). The number of nitrogens with one attached hydrogen (secondary N) is 1. The lowest BCUT2D eigenvalue weighted by atomic mass is 10.2. The molecule has 0 spiro atoms. The standard InChI is InChI=1S/C15H9Cl3N2OS/c16-10-5-12(18)13(6-11(10)17)19-15-20-14(7-22-15)8-1-3-9(21)4-2-8/h1-7,21H,(H,19,20). The maximum absolute atomic E-state index is 9.31. The average molecular weight is 372 g/mol. The third kappa shape index (κ3) is 3.31. The zero-order chi connectivity index (χ0) is 15.7. The molecule has 0 fully saturated rings. The van der Waals surface area contributed by atoms with Crippen molar-refractivity contribution in [3.05, 3.63) is 56.8 Å². The predicted molar refractivity (Wildman–Crippen MR) is 94.0 cm³/mol. The first-order chi connectivity index (χ1) is 10.5. The van der Waals surface area contributed by atoms with Crippen LogP contribution >= 0.6 is 46.1 Å². The zero-order valence-corrected chi connectivity index (χ0v) is 14.1. The molecule has 1 heterocycles. The SMILES string of the molecule is Oc1ccc(-c2csc(Nc3cc(Cl)c(Cl)cc3Cl)n2)cc1. The molecule has 0 unspecified atom stereocenters. The Morgan fingerprint density at radius 1 is 0.955 bits per heavy atom. The van der Waals surface area contributed by atoms with E-state index in [4.69, 9.17) is 34.8 Å². The summed E-state index contributed by atoms with van der Waals surface area (Å²) in [5, 5.41) is 16.3. The second-order valence-corrected chi connectivity index (χ2v) is 6.54. The predicted octanol–water partition coefficient (Wildman–Crippen LogP) is 6.22. The zero-order valence-electron chi connectivity index (χ0n) is 11.0. The maximum atomic E-state index is 9.31. The van der Waals surface area contributed by atoms with Crippen LogP contribution < -0.4 is 5.32 Å². The van der Waals surface area contributed by atoms with Crippen molar-refractivity contribution in [2.24, 2.45) is 0 Å². The molecule has 0 amide bonds. The molecule has 3 nitrogen and oxygen atoms in total. The number of anilines is 2. The topological polar surface area (TPSA) is 45.1 Å². The van der Waals surface area contributed by atoms with E-state index in [0.29, 0.717) is 25.9 Å². The number of halogens is 3. The minimum Gasteiger partial charge on any atom is -0.508 e. The summed E-state index contributed by atoms with van der Waals surface area (Å²) >= 11 is 19.5. The summed E-state index contributed by atoms with van der Waals surface area (Å²) in [7, 11) is 0. The van der Waals surface area contributed by atoms with Gasteiger partial charge in [0, 0.05) is 10.9 Å². The van der Waals surface area contributed by atoms with Crippen molar-refractivity contribution in [2.75, 3.05) is 5.32 Å². The lowest BCUT2D eigenvalue weighted by molar-refractivity contribution is 0.475. The molecular weight excluding hydrogens is 363 g/mol. The van der Waals surface area contributed by atoms with Gasteiger partial charge >= 0.3 is 0 Å². The van der Waals surface area contributed by atoms with Crippen molar-refractivity contribution in [2.45, 2.75) is 0 Å². The fourth-order valence-electron chi connectivity index (χ4n) is 1.83. The van der Waals surface area contributed by atoms with E-state index in [9.17, 15) is 5.11 Å².